The zero-order valence-corrected chi connectivity index (χ0v) is 14.5. The van der Waals surface area contributed by atoms with Crippen LogP contribution >= 0.6 is 23.4 Å². The number of hydrogen-bond donors (Lipinski definition) is 1. The van der Waals surface area contributed by atoms with Gasteiger partial charge in [0.2, 0.25) is 0 Å². The number of carbonyl (C=O) groups excluding carboxylic acids is 1. The van der Waals surface area contributed by atoms with Gasteiger partial charge < -0.3 is 9.73 Å². The lowest BCUT2D eigenvalue weighted by atomic mass is 10.2. The molecule has 0 aliphatic carbocycles. The number of nitrogens with zero attached hydrogens (tertiary/aromatic N) is 1. The number of nitrogens with one attached hydrogen (secondary N) is 1. The van der Waals surface area contributed by atoms with Crippen molar-refractivity contribution in [3.05, 3.63) is 70.0 Å². The molecule has 2 heterocycles. The van der Waals surface area contributed by atoms with Crippen LogP contribution in [0.5, 0.6) is 0 Å². The molecule has 0 atom stereocenters. The molecule has 134 valence electrons. The second-order valence-corrected chi connectivity index (χ2v) is 6.48. The molecule has 1 N–H and O–H groups in total. The maximum Gasteiger partial charge on any atom is 0.417 e. The van der Waals surface area contributed by atoms with Gasteiger partial charge in [0.05, 0.1) is 27.4 Å². The van der Waals surface area contributed by atoms with E-state index in [9.17, 15) is 18.0 Å². The van der Waals surface area contributed by atoms with Gasteiger partial charge in [-0.25, -0.2) is 4.99 Å². The number of hydrogen-bond acceptors (Lipinski definition) is 4. The molecule has 3 rings (SSSR count). The Kier molecular flexibility index (Phi) is 5.24. The largest absolute Gasteiger partial charge is 0.465 e. The van der Waals surface area contributed by atoms with Gasteiger partial charge in [-0.3, -0.25) is 4.79 Å². The topological polar surface area (TPSA) is 54.6 Å². The van der Waals surface area contributed by atoms with Crippen molar-refractivity contribution in [1.29, 1.82) is 0 Å². The van der Waals surface area contributed by atoms with Gasteiger partial charge in [-0.1, -0.05) is 17.7 Å². The first-order chi connectivity index (χ1) is 12.3. The fourth-order valence-corrected chi connectivity index (χ4v) is 3.05. The molecule has 0 radical (unpaired) electrons. The summed E-state index contributed by atoms with van der Waals surface area (Å²) in [5, 5.41) is 2.28. The van der Waals surface area contributed by atoms with Crippen molar-refractivity contribution < 1.29 is 22.4 Å². The van der Waals surface area contributed by atoms with Gasteiger partial charge in [0, 0.05) is 0 Å². The van der Waals surface area contributed by atoms with Gasteiger partial charge in [-0.05, 0) is 54.2 Å². The first-order valence-corrected chi connectivity index (χ1v) is 8.39. The third-order valence-corrected chi connectivity index (χ3v) is 4.45. The Bertz CT molecular complexity index is 919. The number of allylic oxidation sites excluding steroid dienone is 2. The quantitative estimate of drug-likeness (QED) is 0.704. The number of thioether (sulfide) groups is 1. The number of benzene rings is 1. The number of carbonyl (C=O) groups is 1. The van der Waals surface area contributed by atoms with E-state index >= 15 is 0 Å². The van der Waals surface area contributed by atoms with Crippen LogP contribution in [0.2, 0.25) is 5.02 Å². The Hall–Kier alpha value is -2.45. The van der Waals surface area contributed by atoms with E-state index in [1.165, 1.54) is 12.3 Å². The average Bonchev–Trinajstić information content (AvgIpc) is 3.19. The predicted molar refractivity (Wildman–Crippen MR) is 95.1 cm³/mol. The zero-order valence-electron chi connectivity index (χ0n) is 12.9. The van der Waals surface area contributed by atoms with Gasteiger partial charge in [0.15, 0.2) is 5.17 Å². The molecule has 1 aromatic heterocycles. The summed E-state index contributed by atoms with van der Waals surface area (Å²) in [6.07, 6.45) is 1.81. The van der Waals surface area contributed by atoms with E-state index in [4.69, 9.17) is 16.0 Å². The molecule has 9 heteroatoms. The van der Waals surface area contributed by atoms with E-state index in [1.54, 1.807) is 30.4 Å². The maximum atomic E-state index is 12.9. The van der Waals surface area contributed by atoms with Crippen LogP contribution in [-0.4, -0.2) is 11.1 Å². The van der Waals surface area contributed by atoms with E-state index in [1.807, 2.05) is 0 Å². The van der Waals surface area contributed by atoms with Crippen molar-refractivity contribution in [1.82, 2.24) is 5.32 Å². The number of amides is 1. The summed E-state index contributed by atoms with van der Waals surface area (Å²) in [6.45, 7) is 0. The van der Waals surface area contributed by atoms with Crippen LogP contribution in [0.15, 0.2) is 63.1 Å². The molecule has 26 heavy (non-hydrogen) atoms. The van der Waals surface area contributed by atoms with Crippen LogP contribution in [0.4, 0.5) is 18.9 Å². The summed E-state index contributed by atoms with van der Waals surface area (Å²) in [5.41, 5.74) is -0.940. The highest BCUT2D eigenvalue weighted by molar-refractivity contribution is 8.18. The van der Waals surface area contributed by atoms with Gasteiger partial charge >= 0.3 is 6.18 Å². The van der Waals surface area contributed by atoms with E-state index in [2.05, 4.69) is 10.3 Å². The monoisotopic (exact) mass is 398 g/mol. The van der Waals surface area contributed by atoms with Crippen molar-refractivity contribution in [2.75, 3.05) is 0 Å². The number of amidine groups is 1. The molecule has 1 saturated heterocycles. The Morgan fingerprint density at radius 2 is 2.08 bits per heavy atom. The Balaban J connectivity index is 1.78. The second-order valence-electron chi connectivity index (χ2n) is 5.04. The summed E-state index contributed by atoms with van der Waals surface area (Å²) in [7, 11) is 0. The smallest absolute Gasteiger partial charge is 0.417 e. The summed E-state index contributed by atoms with van der Waals surface area (Å²) < 4.78 is 43.8. The molecule has 2 aromatic rings. The molecule has 0 saturated carbocycles. The van der Waals surface area contributed by atoms with Gasteiger partial charge in [0.1, 0.15) is 5.76 Å². The van der Waals surface area contributed by atoms with Gasteiger partial charge in [0.25, 0.3) is 5.91 Å². The fourth-order valence-electron chi connectivity index (χ4n) is 2.03. The summed E-state index contributed by atoms with van der Waals surface area (Å²) in [6, 6.07) is 6.78. The normalized spacial score (nSPS) is 18.2. The van der Waals surface area contributed by atoms with Crippen molar-refractivity contribution >= 4 is 46.2 Å². The first-order valence-electron chi connectivity index (χ1n) is 7.19. The average molecular weight is 399 g/mol. The van der Waals surface area contributed by atoms with E-state index in [0.29, 0.717) is 10.7 Å². The summed E-state index contributed by atoms with van der Waals surface area (Å²) in [5.74, 6) is 0.239. The van der Waals surface area contributed by atoms with Crippen molar-refractivity contribution in [3.8, 4) is 0 Å². The summed E-state index contributed by atoms with van der Waals surface area (Å²) in [4.78, 5) is 16.3. The fraction of sp³-hybridized carbons (Fsp3) is 0.0588. The minimum absolute atomic E-state index is 0.0388. The second kappa shape index (κ2) is 7.43. The van der Waals surface area contributed by atoms with Crippen LogP contribution in [0, 0.1) is 0 Å². The molecule has 1 amide bonds. The van der Waals surface area contributed by atoms with E-state index in [-0.39, 0.29) is 16.8 Å². The lowest BCUT2D eigenvalue weighted by molar-refractivity contribution is -0.137. The third-order valence-electron chi connectivity index (χ3n) is 3.19. The standard InChI is InChI=1S/C17H10ClF3N2O2S/c18-13-7-6-10(9-12(13)17(19,20)21)22-16-23-15(24)14(26-16)5-1-3-11-4-2-8-25-11/h1-9H,(H,22,23,24)/b3-1+,14-5+. The predicted octanol–water partition coefficient (Wildman–Crippen LogP) is 5.40. The third kappa shape index (κ3) is 4.39. The maximum absolute atomic E-state index is 12.9. The number of rotatable bonds is 3. The molecule has 1 aliphatic heterocycles. The molecule has 0 spiro atoms. The molecule has 0 unspecified atom stereocenters. The molecule has 1 fully saturated rings. The molecular formula is C17H10ClF3N2O2S. The van der Waals surface area contributed by atoms with Crippen LogP contribution in [0.1, 0.15) is 11.3 Å². The van der Waals surface area contributed by atoms with E-state index < -0.39 is 16.8 Å². The van der Waals surface area contributed by atoms with Crippen LogP contribution < -0.4 is 5.32 Å². The zero-order chi connectivity index (χ0) is 18.7. The van der Waals surface area contributed by atoms with Crippen molar-refractivity contribution in [2.45, 2.75) is 6.18 Å². The number of aliphatic imine (C=N–C) groups is 1. The number of alkyl halides is 3. The van der Waals surface area contributed by atoms with Crippen LogP contribution in [0.25, 0.3) is 6.08 Å². The van der Waals surface area contributed by atoms with Crippen molar-refractivity contribution in [2.24, 2.45) is 4.99 Å². The minimum Gasteiger partial charge on any atom is -0.465 e. The first kappa shape index (κ1) is 18.3. The Labute approximate surface area is 155 Å². The Morgan fingerprint density at radius 1 is 1.27 bits per heavy atom. The molecule has 1 aliphatic rings. The molecular weight excluding hydrogens is 389 g/mol. The minimum atomic E-state index is -4.58. The SMILES string of the molecule is O=C1NC(=Nc2ccc(Cl)c(C(F)(F)F)c2)S/C1=C/C=C/c1ccco1. The van der Waals surface area contributed by atoms with Crippen LogP contribution in [-0.2, 0) is 11.0 Å². The van der Waals surface area contributed by atoms with E-state index in [0.717, 1.165) is 23.9 Å². The number of furan rings is 1. The van der Waals surface area contributed by atoms with Gasteiger partial charge in [-0.15, -0.1) is 0 Å². The van der Waals surface area contributed by atoms with Crippen LogP contribution in [0.3, 0.4) is 0 Å². The summed E-state index contributed by atoms with van der Waals surface area (Å²) >= 11 is 6.60. The lowest BCUT2D eigenvalue weighted by Gasteiger charge is -2.09. The highest BCUT2D eigenvalue weighted by atomic mass is 35.5. The highest BCUT2D eigenvalue weighted by Gasteiger charge is 2.33. The highest BCUT2D eigenvalue weighted by Crippen LogP contribution is 2.37. The van der Waals surface area contributed by atoms with Crippen molar-refractivity contribution in [3.63, 3.8) is 0 Å². The molecule has 0 bridgehead atoms. The van der Waals surface area contributed by atoms with Gasteiger partial charge in [-0.2, -0.15) is 13.2 Å². The molecule has 1 aromatic carbocycles. The number of halogens is 4. The Morgan fingerprint density at radius 3 is 2.77 bits per heavy atom. The molecule has 4 nitrogen and oxygen atoms in total. The lowest BCUT2D eigenvalue weighted by Crippen LogP contribution is -2.19.